The first-order chi connectivity index (χ1) is 28.3. The van der Waals surface area contributed by atoms with Gasteiger partial charge in [0.2, 0.25) is 17.7 Å². The van der Waals surface area contributed by atoms with Crippen LogP contribution in [0.15, 0.2) is 42.6 Å². The quantitative estimate of drug-likeness (QED) is 0.299. The highest BCUT2D eigenvalue weighted by Crippen LogP contribution is 2.36. The number of amides is 5. The van der Waals surface area contributed by atoms with E-state index in [2.05, 4.69) is 40.5 Å². The molecule has 5 aliphatic rings. The Balaban J connectivity index is 0.763. The molecule has 1 aliphatic carbocycles. The summed E-state index contributed by atoms with van der Waals surface area (Å²) >= 11 is 0. The number of carbonyl (C=O) groups is 5. The third-order valence-corrected chi connectivity index (χ3v) is 11.8. The number of hydrogen-bond donors (Lipinski definition) is 2. The number of nitrogens with one attached hydrogen (secondary N) is 2. The Hall–Kier alpha value is -6.16. The first-order valence-corrected chi connectivity index (χ1v) is 19.7. The van der Waals surface area contributed by atoms with Crippen molar-refractivity contribution in [2.45, 2.75) is 63.3 Å². The van der Waals surface area contributed by atoms with Crippen LogP contribution < -0.4 is 25.2 Å². The molecule has 1 saturated carbocycles. The lowest BCUT2D eigenvalue weighted by Gasteiger charge is -2.39. The molecule has 8 rings (SSSR count). The standard InChI is InChI=1S/C40H41F3N10O6/c41-40(42,43)30-19-27(21-45-31(30)20-44)59-26-3-1-24(17-26)36(55)46-33-6-7-34(49-48-33)52-11-9-23(10-12-52)22-50-13-15-51(16-14-50)25-2-4-28-29(18-25)39(58)53(38(28)57)32-5-8-35(54)47-37(32)56/h2,4,6-7,18-19,21,23-24,26,32H,1,3,5,8-17,22H2,(H,46,48,55)(H,47,54,56)/t24-,26-,32?/m1/s1. The number of hydrogen-bond acceptors (Lipinski definition) is 13. The van der Waals surface area contributed by atoms with Crippen molar-refractivity contribution in [3.8, 4) is 11.8 Å². The van der Waals surface area contributed by atoms with Crippen molar-refractivity contribution in [2.24, 2.45) is 11.8 Å². The van der Waals surface area contributed by atoms with E-state index in [0.717, 1.165) is 81.5 Å². The second kappa shape index (κ2) is 16.2. The average molecular weight is 815 g/mol. The number of alkyl halides is 3. The lowest BCUT2D eigenvalue weighted by atomic mass is 9.96. The number of carbonyl (C=O) groups excluding carboxylic acids is 5. The molecule has 3 saturated heterocycles. The highest BCUT2D eigenvalue weighted by atomic mass is 19.4. The summed E-state index contributed by atoms with van der Waals surface area (Å²) in [6.45, 7) is 5.78. The molecule has 3 atom stereocenters. The van der Waals surface area contributed by atoms with Crippen molar-refractivity contribution in [3.05, 3.63) is 65.0 Å². The maximum atomic E-state index is 13.3. The van der Waals surface area contributed by atoms with Crippen LogP contribution in [0.2, 0.25) is 0 Å². The van der Waals surface area contributed by atoms with Gasteiger partial charge >= 0.3 is 6.18 Å². The molecule has 0 radical (unpaired) electrons. The summed E-state index contributed by atoms with van der Waals surface area (Å²) in [5, 5.41) is 22.6. The summed E-state index contributed by atoms with van der Waals surface area (Å²) < 4.78 is 45.7. The minimum Gasteiger partial charge on any atom is -0.489 e. The van der Waals surface area contributed by atoms with Gasteiger partial charge in [0, 0.05) is 63.8 Å². The van der Waals surface area contributed by atoms with Crippen LogP contribution in [-0.2, 0) is 20.6 Å². The fourth-order valence-corrected chi connectivity index (χ4v) is 8.64. The number of anilines is 3. The number of nitrogens with zero attached hydrogens (tertiary/aromatic N) is 8. The van der Waals surface area contributed by atoms with Gasteiger partial charge in [0.25, 0.3) is 11.8 Å². The number of rotatable bonds is 9. The predicted octanol–water partition coefficient (Wildman–Crippen LogP) is 3.39. The molecule has 1 unspecified atom stereocenters. The van der Waals surface area contributed by atoms with Gasteiger partial charge in [-0.3, -0.25) is 39.1 Å². The van der Waals surface area contributed by atoms with E-state index in [9.17, 15) is 37.1 Å². The molecule has 5 amide bonds. The Morgan fingerprint density at radius 1 is 0.898 bits per heavy atom. The number of aromatic nitrogens is 3. The maximum Gasteiger partial charge on any atom is 0.419 e. The topological polar surface area (TPSA) is 194 Å². The first-order valence-electron chi connectivity index (χ1n) is 19.7. The van der Waals surface area contributed by atoms with E-state index in [-0.39, 0.29) is 35.6 Å². The van der Waals surface area contributed by atoms with E-state index in [1.807, 2.05) is 12.1 Å². The molecular formula is C40H41F3N10O6. The van der Waals surface area contributed by atoms with Crippen molar-refractivity contribution >= 4 is 46.9 Å². The molecule has 59 heavy (non-hydrogen) atoms. The summed E-state index contributed by atoms with van der Waals surface area (Å²) in [5.41, 5.74) is -0.503. The minimum atomic E-state index is -4.75. The molecule has 0 spiro atoms. The first kappa shape index (κ1) is 39.7. The van der Waals surface area contributed by atoms with Gasteiger partial charge in [-0.2, -0.15) is 18.4 Å². The summed E-state index contributed by atoms with van der Waals surface area (Å²) in [7, 11) is 0. The Kier molecular flexibility index (Phi) is 10.9. The van der Waals surface area contributed by atoms with Crippen LogP contribution in [0.3, 0.4) is 0 Å². The molecule has 19 heteroatoms. The van der Waals surface area contributed by atoms with Crippen LogP contribution in [0, 0.1) is 23.2 Å². The predicted molar refractivity (Wildman–Crippen MR) is 203 cm³/mol. The lowest BCUT2D eigenvalue weighted by molar-refractivity contribution is -0.138. The zero-order valence-electron chi connectivity index (χ0n) is 31.9. The zero-order valence-corrected chi connectivity index (χ0v) is 31.9. The SMILES string of the molecule is N#Cc1ncc(O[C@@H]2CC[C@@H](C(=O)Nc3ccc(N4CCC(CN5CCN(c6ccc7c(c6)C(=O)N(C6CCC(=O)NC6=O)C7=O)CC5)CC4)nn3)C2)cc1C(F)(F)F. The smallest absolute Gasteiger partial charge is 0.419 e. The second-order valence-corrected chi connectivity index (χ2v) is 15.6. The van der Waals surface area contributed by atoms with Crippen molar-refractivity contribution in [1.29, 1.82) is 5.26 Å². The van der Waals surface area contributed by atoms with Gasteiger partial charge in [0.05, 0.1) is 29.0 Å². The van der Waals surface area contributed by atoms with E-state index in [1.165, 1.54) is 6.07 Å². The van der Waals surface area contributed by atoms with E-state index < -0.39 is 59.1 Å². The van der Waals surface area contributed by atoms with Crippen LogP contribution >= 0.6 is 0 Å². The van der Waals surface area contributed by atoms with Crippen LogP contribution in [0.25, 0.3) is 0 Å². The number of nitriles is 1. The molecule has 4 fully saturated rings. The van der Waals surface area contributed by atoms with E-state index in [0.29, 0.717) is 36.8 Å². The normalized spacial score (nSPS) is 22.9. The summed E-state index contributed by atoms with van der Waals surface area (Å²) in [6.07, 6.45) is -0.754. The summed E-state index contributed by atoms with van der Waals surface area (Å²) in [4.78, 5) is 74.8. The lowest BCUT2D eigenvalue weighted by Crippen LogP contribution is -2.54. The Labute approximate surface area is 336 Å². The molecule has 6 heterocycles. The van der Waals surface area contributed by atoms with Gasteiger partial charge in [-0.15, -0.1) is 10.2 Å². The molecule has 0 bridgehead atoms. The van der Waals surface area contributed by atoms with Crippen LogP contribution in [-0.4, -0.2) is 112 Å². The monoisotopic (exact) mass is 814 g/mol. The molecule has 2 aromatic heterocycles. The molecule has 1 aromatic carbocycles. The van der Waals surface area contributed by atoms with Gasteiger partial charge < -0.3 is 19.9 Å². The van der Waals surface area contributed by atoms with Crippen LogP contribution in [0.5, 0.6) is 5.75 Å². The second-order valence-electron chi connectivity index (χ2n) is 15.6. The van der Waals surface area contributed by atoms with Crippen LogP contribution in [0.1, 0.15) is 76.9 Å². The van der Waals surface area contributed by atoms with Gasteiger partial charge in [-0.05, 0) is 80.8 Å². The van der Waals surface area contributed by atoms with Crippen molar-refractivity contribution in [2.75, 3.05) is 60.9 Å². The molecule has 4 aliphatic heterocycles. The van der Waals surface area contributed by atoms with Gasteiger partial charge in [0.1, 0.15) is 17.9 Å². The van der Waals surface area contributed by atoms with Crippen molar-refractivity contribution in [1.82, 2.24) is 30.3 Å². The highest BCUT2D eigenvalue weighted by molar-refractivity contribution is 6.23. The molecule has 3 aromatic rings. The number of pyridine rings is 1. The molecular weight excluding hydrogens is 773 g/mol. The molecule has 2 N–H and O–H groups in total. The van der Waals surface area contributed by atoms with Gasteiger partial charge in [-0.25, -0.2) is 4.98 Å². The molecule has 16 nitrogen and oxygen atoms in total. The number of halogens is 3. The van der Waals surface area contributed by atoms with Gasteiger partial charge in [-0.1, -0.05) is 0 Å². The summed E-state index contributed by atoms with van der Waals surface area (Å²) in [6, 6.07) is 9.97. The van der Waals surface area contributed by atoms with E-state index >= 15 is 0 Å². The van der Waals surface area contributed by atoms with Crippen molar-refractivity contribution in [3.63, 3.8) is 0 Å². The van der Waals surface area contributed by atoms with Crippen molar-refractivity contribution < 1.29 is 41.9 Å². The number of imide groups is 2. The Bertz CT molecular complexity index is 2200. The highest BCUT2D eigenvalue weighted by Gasteiger charge is 2.45. The fourth-order valence-electron chi connectivity index (χ4n) is 8.64. The Morgan fingerprint density at radius 2 is 1.66 bits per heavy atom. The summed E-state index contributed by atoms with van der Waals surface area (Å²) in [5.74, 6) is -1.35. The third kappa shape index (κ3) is 8.40. The average Bonchev–Trinajstić information content (AvgIpc) is 3.79. The van der Waals surface area contributed by atoms with Crippen LogP contribution in [0.4, 0.5) is 30.5 Å². The number of fused-ring (bicyclic) bond motifs is 1. The van der Waals surface area contributed by atoms with Gasteiger partial charge in [0.15, 0.2) is 17.3 Å². The maximum absolute atomic E-state index is 13.3. The zero-order chi connectivity index (χ0) is 41.4. The number of piperazine rings is 1. The number of piperidine rings is 2. The van der Waals surface area contributed by atoms with E-state index in [1.54, 1.807) is 18.2 Å². The number of ether oxygens (including phenoxy) is 1. The van der Waals surface area contributed by atoms with E-state index in [4.69, 9.17) is 10.00 Å². The Morgan fingerprint density at radius 3 is 2.36 bits per heavy atom. The third-order valence-electron chi connectivity index (χ3n) is 11.8. The molecule has 308 valence electrons. The minimum absolute atomic E-state index is 0.0706. The number of benzene rings is 1. The fraction of sp³-hybridized carbons (Fsp3) is 0.475. The largest absolute Gasteiger partial charge is 0.489 e.